The molecule has 19 heavy (non-hydrogen) atoms. The first-order valence-corrected chi connectivity index (χ1v) is 5.74. The highest BCUT2D eigenvalue weighted by Gasteiger charge is 2.31. The van der Waals surface area contributed by atoms with E-state index in [4.69, 9.17) is 9.47 Å². The number of hydrogen-bond acceptors (Lipinski definition) is 5. The molecule has 0 spiro atoms. The minimum absolute atomic E-state index is 0.297. The van der Waals surface area contributed by atoms with Crippen LogP contribution in [-0.2, 0) is 9.53 Å². The Kier molecular flexibility index (Phi) is 3.79. The largest absolute Gasteiger partial charge is 0.497 e. The third-order valence-electron chi connectivity index (χ3n) is 2.96. The van der Waals surface area contributed by atoms with E-state index in [0.717, 1.165) is 5.56 Å². The summed E-state index contributed by atoms with van der Waals surface area (Å²) in [7, 11) is 1.55. The van der Waals surface area contributed by atoms with Crippen molar-refractivity contribution in [3.63, 3.8) is 0 Å². The van der Waals surface area contributed by atoms with Gasteiger partial charge in [0.1, 0.15) is 11.9 Å². The molecule has 0 saturated heterocycles. The summed E-state index contributed by atoms with van der Waals surface area (Å²) >= 11 is 0. The van der Waals surface area contributed by atoms with E-state index in [-0.39, 0.29) is 6.54 Å². The van der Waals surface area contributed by atoms with Crippen molar-refractivity contribution in [1.29, 1.82) is 0 Å². The van der Waals surface area contributed by atoms with Crippen molar-refractivity contribution in [3.05, 3.63) is 52.1 Å². The molecule has 0 saturated carbocycles. The van der Waals surface area contributed by atoms with Crippen molar-refractivity contribution < 1.29 is 19.2 Å². The summed E-state index contributed by atoms with van der Waals surface area (Å²) < 4.78 is 10.1. The van der Waals surface area contributed by atoms with Gasteiger partial charge in [-0.25, -0.2) is 4.79 Å². The van der Waals surface area contributed by atoms with E-state index < -0.39 is 22.9 Å². The maximum absolute atomic E-state index is 11.1. The minimum atomic E-state index is -0.591. The zero-order valence-electron chi connectivity index (χ0n) is 10.3. The first-order chi connectivity index (χ1) is 9.10. The number of hydrogen-bond donors (Lipinski definition) is 0. The highest BCUT2D eigenvalue weighted by Crippen LogP contribution is 2.27. The second-order valence-electron chi connectivity index (χ2n) is 4.16. The van der Waals surface area contributed by atoms with Crippen LogP contribution in [0.3, 0.4) is 0 Å². The number of methoxy groups -OCH3 is 1. The molecular formula is C13H13NO5. The molecule has 6 nitrogen and oxygen atoms in total. The van der Waals surface area contributed by atoms with Crippen LogP contribution >= 0.6 is 0 Å². The molecule has 1 aliphatic rings. The normalized spacial score (nSPS) is 19.0. The molecule has 1 aromatic carbocycles. The molecule has 1 heterocycles. The lowest BCUT2D eigenvalue weighted by molar-refractivity contribution is -0.484. The fraction of sp³-hybridized carbons (Fsp3) is 0.308. The first kappa shape index (κ1) is 13.1. The number of esters is 1. The Bertz CT molecular complexity index is 508. The smallest absolute Gasteiger partial charge is 0.331 e. The van der Waals surface area contributed by atoms with Crippen LogP contribution in [0.15, 0.2) is 36.4 Å². The standard InChI is InChI=1S/C13H13NO5/c1-18-10-4-2-9(3-5-10)11(8-14(16)17)12-6-7-13(15)19-12/h2-7,11-12H,8H2,1H3/t11-,12+/m0/s1. The van der Waals surface area contributed by atoms with Crippen LogP contribution in [0.2, 0.25) is 0 Å². The Morgan fingerprint density at radius 3 is 2.58 bits per heavy atom. The van der Waals surface area contributed by atoms with E-state index in [1.807, 2.05) is 0 Å². The lowest BCUT2D eigenvalue weighted by Crippen LogP contribution is -2.25. The predicted octanol–water partition coefficient (Wildman–Crippen LogP) is 1.54. The molecule has 6 heteroatoms. The van der Waals surface area contributed by atoms with Gasteiger partial charge < -0.3 is 9.47 Å². The Morgan fingerprint density at radius 1 is 1.42 bits per heavy atom. The van der Waals surface area contributed by atoms with Gasteiger partial charge in [-0.1, -0.05) is 12.1 Å². The molecule has 0 aromatic heterocycles. The van der Waals surface area contributed by atoms with Crippen LogP contribution in [0.5, 0.6) is 5.75 Å². The summed E-state index contributed by atoms with van der Waals surface area (Å²) in [6.07, 6.45) is 2.26. The number of nitrogens with zero attached hydrogens (tertiary/aromatic N) is 1. The summed E-state index contributed by atoms with van der Waals surface area (Å²) in [5.41, 5.74) is 0.738. The van der Waals surface area contributed by atoms with Gasteiger partial charge in [-0.15, -0.1) is 0 Å². The van der Waals surface area contributed by atoms with E-state index in [1.165, 1.54) is 6.08 Å². The number of carbonyl (C=O) groups is 1. The number of nitro groups is 1. The fourth-order valence-corrected chi connectivity index (χ4v) is 2.01. The molecule has 1 aliphatic heterocycles. The molecular weight excluding hydrogens is 250 g/mol. The van der Waals surface area contributed by atoms with Crippen molar-refractivity contribution in [2.24, 2.45) is 0 Å². The SMILES string of the molecule is COc1ccc([C@H](C[N+](=O)[O-])[C@H]2C=CC(=O)O2)cc1. The average Bonchev–Trinajstić information content (AvgIpc) is 2.82. The topological polar surface area (TPSA) is 78.7 Å². The molecule has 0 aliphatic carbocycles. The van der Waals surface area contributed by atoms with Crippen molar-refractivity contribution >= 4 is 5.97 Å². The molecule has 0 radical (unpaired) electrons. The Morgan fingerprint density at radius 2 is 2.11 bits per heavy atom. The van der Waals surface area contributed by atoms with Crippen molar-refractivity contribution in [2.45, 2.75) is 12.0 Å². The predicted molar refractivity (Wildman–Crippen MR) is 66.6 cm³/mol. The van der Waals surface area contributed by atoms with Crippen LogP contribution in [0.25, 0.3) is 0 Å². The number of rotatable bonds is 5. The summed E-state index contributed by atoms with van der Waals surface area (Å²) in [4.78, 5) is 21.4. The molecule has 0 N–H and O–H groups in total. The zero-order chi connectivity index (χ0) is 13.8. The van der Waals surface area contributed by atoms with Crippen LogP contribution in [-0.4, -0.2) is 30.7 Å². The first-order valence-electron chi connectivity index (χ1n) is 5.74. The van der Waals surface area contributed by atoms with Crippen molar-refractivity contribution in [3.8, 4) is 5.75 Å². The monoisotopic (exact) mass is 263 g/mol. The average molecular weight is 263 g/mol. The molecule has 0 fully saturated rings. The van der Waals surface area contributed by atoms with Crippen LogP contribution < -0.4 is 4.74 Å². The van der Waals surface area contributed by atoms with E-state index in [0.29, 0.717) is 5.75 Å². The van der Waals surface area contributed by atoms with E-state index in [1.54, 1.807) is 37.5 Å². The van der Waals surface area contributed by atoms with Crippen LogP contribution in [0, 0.1) is 10.1 Å². The summed E-state index contributed by atoms with van der Waals surface area (Å²) in [5.74, 6) is -0.293. The van der Waals surface area contributed by atoms with Gasteiger partial charge in [-0.2, -0.15) is 0 Å². The molecule has 1 aromatic rings. The van der Waals surface area contributed by atoms with Crippen molar-refractivity contribution in [1.82, 2.24) is 0 Å². The van der Waals surface area contributed by atoms with E-state index >= 15 is 0 Å². The van der Waals surface area contributed by atoms with E-state index in [2.05, 4.69) is 0 Å². The summed E-state index contributed by atoms with van der Waals surface area (Å²) in [5, 5.41) is 10.8. The van der Waals surface area contributed by atoms with Gasteiger partial charge in [0.2, 0.25) is 6.54 Å². The zero-order valence-corrected chi connectivity index (χ0v) is 10.3. The maximum atomic E-state index is 11.1. The quantitative estimate of drug-likeness (QED) is 0.457. The number of cyclic esters (lactones) is 1. The van der Waals surface area contributed by atoms with Crippen LogP contribution in [0.4, 0.5) is 0 Å². The van der Waals surface area contributed by atoms with Crippen LogP contribution in [0.1, 0.15) is 11.5 Å². The highest BCUT2D eigenvalue weighted by molar-refractivity contribution is 5.84. The molecule has 2 atom stereocenters. The molecule has 2 rings (SSSR count). The van der Waals surface area contributed by atoms with Gasteiger partial charge in [0.25, 0.3) is 0 Å². The van der Waals surface area contributed by atoms with Gasteiger partial charge in [-0.05, 0) is 23.8 Å². The Hall–Kier alpha value is -2.37. The number of benzene rings is 1. The van der Waals surface area contributed by atoms with Crippen molar-refractivity contribution in [2.75, 3.05) is 13.7 Å². The summed E-state index contributed by atoms with van der Waals surface area (Å²) in [6, 6.07) is 6.94. The van der Waals surface area contributed by atoms with Gasteiger partial charge in [0.05, 0.1) is 13.0 Å². The van der Waals surface area contributed by atoms with Gasteiger partial charge in [-0.3, -0.25) is 10.1 Å². The number of carbonyl (C=O) groups excluding carboxylic acids is 1. The Balaban J connectivity index is 2.23. The minimum Gasteiger partial charge on any atom is -0.497 e. The molecule has 0 bridgehead atoms. The maximum Gasteiger partial charge on any atom is 0.331 e. The fourth-order valence-electron chi connectivity index (χ4n) is 2.01. The third-order valence-corrected chi connectivity index (χ3v) is 2.96. The second kappa shape index (κ2) is 5.51. The lowest BCUT2D eigenvalue weighted by atomic mass is 9.93. The lowest BCUT2D eigenvalue weighted by Gasteiger charge is -2.18. The van der Waals surface area contributed by atoms with Gasteiger partial charge >= 0.3 is 5.97 Å². The molecule has 0 unspecified atom stereocenters. The molecule has 100 valence electrons. The Labute approximate surface area is 109 Å². The van der Waals surface area contributed by atoms with Gasteiger partial charge in [0, 0.05) is 11.0 Å². The van der Waals surface area contributed by atoms with E-state index in [9.17, 15) is 14.9 Å². The number of ether oxygens (including phenoxy) is 2. The second-order valence-corrected chi connectivity index (χ2v) is 4.16. The summed E-state index contributed by atoms with van der Waals surface area (Å²) in [6.45, 7) is -0.297. The van der Waals surface area contributed by atoms with Gasteiger partial charge in [0.15, 0.2) is 0 Å². The third kappa shape index (κ3) is 3.09. The highest BCUT2D eigenvalue weighted by atomic mass is 16.6. The molecule has 0 amide bonds.